The van der Waals surface area contributed by atoms with Crippen LogP contribution in [0.5, 0.6) is 0 Å². The Morgan fingerprint density at radius 3 is 2.52 bits per heavy atom. The van der Waals surface area contributed by atoms with Gasteiger partial charge in [-0.25, -0.2) is 0 Å². The van der Waals surface area contributed by atoms with Gasteiger partial charge in [-0.1, -0.05) is 18.2 Å². The molecule has 1 heterocycles. The van der Waals surface area contributed by atoms with Gasteiger partial charge in [-0.15, -0.1) is 0 Å². The maximum atomic E-state index is 12.0. The number of hydrogen-bond donors (Lipinski definition) is 5. The van der Waals surface area contributed by atoms with Crippen molar-refractivity contribution in [2.24, 2.45) is 0 Å². The summed E-state index contributed by atoms with van der Waals surface area (Å²) in [6.45, 7) is 1.31. The van der Waals surface area contributed by atoms with Gasteiger partial charge in [-0.2, -0.15) is 4.98 Å². The fourth-order valence-electron chi connectivity index (χ4n) is 2.10. The maximum absolute atomic E-state index is 12.0. The van der Waals surface area contributed by atoms with Crippen LogP contribution in [0.4, 0.5) is 6.01 Å². The maximum Gasteiger partial charge on any atom is 0.292 e. The standard InChI is InChI=1S/C16H20N4O5/c1-9(19-14(23)10-5-3-2-4-6-10)13(22)12(21)7-18-15(24)11-8-25-16(17)20-11/h2-6,8-9,12-13,21-22H,7H2,1H3,(H2,17,20)(H,18,24)(H,19,23). The quantitative estimate of drug-likeness (QED) is 0.453. The molecular weight excluding hydrogens is 328 g/mol. The Morgan fingerprint density at radius 2 is 1.92 bits per heavy atom. The summed E-state index contributed by atoms with van der Waals surface area (Å²) in [6, 6.07) is 7.60. The number of nitrogens with one attached hydrogen (secondary N) is 2. The summed E-state index contributed by atoms with van der Waals surface area (Å²) >= 11 is 0. The molecule has 1 aromatic carbocycles. The molecule has 0 aliphatic rings. The third kappa shape index (κ3) is 5.03. The second-order valence-electron chi connectivity index (χ2n) is 5.47. The van der Waals surface area contributed by atoms with Crippen molar-refractivity contribution in [3.8, 4) is 0 Å². The largest absolute Gasteiger partial charge is 0.431 e. The van der Waals surface area contributed by atoms with Crippen LogP contribution < -0.4 is 16.4 Å². The number of aliphatic hydroxyl groups is 2. The molecule has 9 heteroatoms. The number of nitrogens with zero attached hydrogens (tertiary/aromatic N) is 1. The van der Waals surface area contributed by atoms with Crippen LogP contribution in [-0.4, -0.2) is 51.8 Å². The first-order valence-electron chi connectivity index (χ1n) is 7.59. The normalized spacial score (nSPS) is 14.4. The highest BCUT2D eigenvalue weighted by atomic mass is 16.4. The van der Waals surface area contributed by atoms with E-state index < -0.39 is 24.2 Å². The smallest absolute Gasteiger partial charge is 0.292 e. The Kier molecular flexibility index (Phi) is 6.09. The molecule has 25 heavy (non-hydrogen) atoms. The lowest BCUT2D eigenvalue weighted by atomic mass is 10.1. The van der Waals surface area contributed by atoms with Crippen LogP contribution in [0.1, 0.15) is 27.8 Å². The Hall–Kier alpha value is -2.91. The predicted octanol–water partition coefficient (Wildman–Crippen LogP) is -0.473. The summed E-state index contributed by atoms with van der Waals surface area (Å²) in [5, 5.41) is 25.1. The fraction of sp³-hybridized carbons (Fsp3) is 0.312. The minimum absolute atomic E-state index is 0.0374. The number of hydrogen-bond acceptors (Lipinski definition) is 7. The molecule has 0 fully saturated rings. The molecule has 3 unspecified atom stereocenters. The van der Waals surface area contributed by atoms with E-state index in [4.69, 9.17) is 10.2 Å². The molecule has 0 saturated heterocycles. The van der Waals surface area contributed by atoms with Gasteiger partial charge in [0.05, 0.1) is 12.1 Å². The van der Waals surface area contributed by atoms with Crippen molar-refractivity contribution in [2.75, 3.05) is 12.3 Å². The SMILES string of the molecule is CC(NC(=O)c1ccccc1)C(O)C(O)CNC(=O)c1coc(N)n1. The van der Waals surface area contributed by atoms with Gasteiger partial charge in [0.15, 0.2) is 5.69 Å². The van der Waals surface area contributed by atoms with Crippen molar-refractivity contribution in [2.45, 2.75) is 25.2 Å². The zero-order valence-electron chi connectivity index (χ0n) is 13.5. The van der Waals surface area contributed by atoms with Crippen LogP contribution in [-0.2, 0) is 0 Å². The van der Waals surface area contributed by atoms with Gasteiger partial charge in [0, 0.05) is 12.1 Å². The first-order chi connectivity index (χ1) is 11.9. The Balaban J connectivity index is 1.83. The van der Waals surface area contributed by atoms with Crippen molar-refractivity contribution < 1.29 is 24.2 Å². The number of oxazole rings is 1. The average Bonchev–Trinajstić information content (AvgIpc) is 3.05. The van der Waals surface area contributed by atoms with Gasteiger partial charge in [-0.3, -0.25) is 9.59 Å². The lowest BCUT2D eigenvalue weighted by Crippen LogP contribution is -2.50. The van der Waals surface area contributed by atoms with Gasteiger partial charge in [0.25, 0.3) is 17.8 Å². The third-order valence-corrected chi connectivity index (χ3v) is 3.53. The number of aliphatic hydroxyl groups excluding tert-OH is 2. The van der Waals surface area contributed by atoms with Crippen molar-refractivity contribution in [1.29, 1.82) is 0 Å². The van der Waals surface area contributed by atoms with E-state index in [9.17, 15) is 19.8 Å². The van der Waals surface area contributed by atoms with Crippen LogP contribution in [0.25, 0.3) is 0 Å². The van der Waals surface area contributed by atoms with E-state index in [0.717, 1.165) is 6.26 Å². The minimum atomic E-state index is -1.29. The van der Waals surface area contributed by atoms with E-state index in [-0.39, 0.29) is 24.2 Å². The van der Waals surface area contributed by atoms with E-state index in [1.807, 2.05) is 0 Å². The van der Waals surface area contributed by atoms with Crippen LogP contribution >= 0.6 is 0 Å². The average molecular weight is 348 g/mol. The molecule has 0 saturated carbocycles. The number of nitrogen functional groups attached to an aromatic ring is 1. The molecule has 3 atom stereocenters. The van der Waals surface area contributed by atoms with E-state index in [1.165, 1.54) is 0 Å². The van der Waals surface area contributed by atoms with Crippen molar-refractivity contribution in [1.82, 2.24) is 15.6 Å². The van der Waals surface area contributed by atoms with Gasteiger partial charge >= 0.3 is 0 Å². The Bertz CT molecular complexity index is 718. The lowest BCUT2D eigenvalue weighted by Gasteiger charge is -2.25. The number of anilines is 1. The number of carbonyl (C=O) groups is 2. The number of nitrogens with two attached hydrogens (primary N) is 1. The topological polar surface area (TPSA) is 151 Å². The lowest BCUT2D eigenvalue weighted by molar-refractivity contribution is 0.00174. The van der Waals surface area contributed by atoms with E-state index in [0.29, 0.717) is 5.56 Å². The van der Waals surface area contributed by atoms with Gasteiger partial charge in [-0.05, 0) is 19.1 Å². The number of rotatable bonds is 7. The van der Waals surface area contributed by atoms with E-state index in [1.54, 1.807) is 37.3 Å². The molecular formula is C16H20N4O5. The monoisotopic (exact) mass is 348 g/mol. The van der Waals surface area contributed by atoms with Gasteiger partial charge in [0.2, 0.25) is 0 Å². The fourth-order valence-corrected chi connectivity index (χ4v) is 2.10. The molecule has 0 spiro atoms. The summed E-state index contributed by atoms with van der Waals surface area (Å²) < 4.78 is 4.71. The molecule has 1 aromatic heterocycles. The van der Waals surface area contributed by atoms with Gasteiger partial charge < -0.3 is 31.0 Å². The summed E-state index contributed by atoms with van der Waals surface area (Å²) in [6.07, 6.45) is -1.49. The predicted molar refractivity (Wildman–Crippen MR) is 88.6 cm³/mol. The highest BCUT2D eigenvalue weighted by Gasteiger charge is 2.25. The summed E-state index contributed by atoms with van der Waals surface area (Å²) in [7, 11) is 0. The molecule has 0 bridgehead atoms. The van der Waals surface area contributed by atoms with Crippen LogP contribution in [0.15, 0.2) is 41.0 Å². The summed E-state index contributed by atoms with van der Waals surface area (Å²) in [5.41, 5.74) is 5.67. The van der Waals surface area contributed by atoms with Crippen molar-refractivity contribution >= 4 is 17.8 Å². The molecule has 2 aromatic rings. The summed E-state index contributed by atoms with van der Waals surface area (Å²) in [5.74, 6) is -0.978. The van der Waals surface area contributed by atoms with Crippen molar-refractivity contribution in [3.05, 3.63) is 47.9 Å². The number of carbonyl (C=O) groups excluding carboxylic acids is 2. The number of aromatic nitrogens is 1. The van der Waals surface area contributed by atoms with E-state index >= 15 is 0 Å². The zero-order chi connectivity index (χ0) is 18.4. The second-order valence-corrected chi connectivity index (χ2v) is 5.47. The van der Waals surface area contributed by atoms with Crippen LogP contribution in [0, 0.1) is 0 Å². The first-order valence-corrected chi connectivity index (χ1v) is 7.59. The second kappa shape index (κ2) is 8.27. The Morgan fingerprint density at radius 1 is 1.24 bits per heavy atom. The molecule has 0 radical (unpaired) electrons. The highest BCUT2D eigenvalue weighted by Crippen LogP contribution is 2.05. The van der Waals surface area contributed by atoms with Crippen LogP contribution in [0.2, 0.25) is 0 Å². The van der Waals surface area contributed by atoms with Crippen LogP contribution in [0.3, 0.4) is 0 Å². The molecule has 2 rings (SSSR count). The van der Waals surface area contributed by atoms with Crippen molar-refractivity contribution in [3.63, 3.8) is 0 Å². The molecule has 0 aliphatic heterocycles. The first kappa shape index (κ1) is 18.4. The third-order valence-electron chi connectivity index (χ3n) is 3.53. The number of amides is 2. The molecule has 134 valence electrons. The van der Waals surface area contributed by atoms with E-state index in [2.05, 4.69) is 15.6 Å². The molecule has 2 amide bonds. The Labute approximate surface area is 143 Å². The molecule has 0 aliphatic carbocycles. The summed E-state index contributed by atoms with van der Waals surface area (Å²) in [4.78, 5) is 27.4. The zero-order valence-corrected chi connectivity index (χ0v) is 13.5. The number of benzene rings is 1. The van der Waals surface area contributed by atoms with Gasteiger partial charge in [0.1, 0.15) is 12.4 Å². The molecule has 9 nitrogen and oxygen atoms in total. The highest BCUT2D eigenvalue weighted by molar-refractivity contribution is 5.94. The molecule has 6 N–H and O–H groups in total. The minimum Gasteiger partial charge on any atom is -0.431 e.